The van der Waals surface area contributed by atoms with Gasteiger partial charge in [-0.15, -0.1) is 0 Å². The summed E-state index contributed by atoms with van der Waals surface area (Å²) >= 11 is 0. The number of nitro groups is 1. The number of fused-ring (bicyclic) bond motifs is 1. The Labute approximate surface area is 175 Å². The molecule has 6 nitrogen and oxygen atoms in total. The van der Waals surface area contributed by atoms with Gasteiger partial charge >= 0.3 is 5.97 Å². The number of ether oxygens (including phenoxy) is 1. The van der Waals surface area contributed by atoms with E-state index in [-0.39, 0.29) is 4.92 Å². The summed E-state index contributed by atoms with van der Waals surface area (Å²) in [6.45, 7) is 3.31. The van der Waals surface area contributed by atoms with Crippen molar-refractivity contribution in [3.8, 4) is 0 Å². The van der Waals surface area contributed by atoms with Crippen molar-refractivity contribution in [2.24, 2.45) is 0 Å². The number of hydrogen-bond acceptors (Lipinski definition) is 5. The summed E-state index contributed by atoms with van der Waals surface area (Å²) in [4.78, 5) is 25.2. The molecule has 6 heteroatoms. The molecule has 0 saturated carbocycles. The lowest BCUT2D eigenvalue weighted by Crippen LogP contribution is -2.51. The van der Waals surface area contributed by atoms with E-state index in [1.54, 1.807) is 13.8 Å². The van der Waals surface area contributed by atoms with Crippen LogP contribution in [0.4, 0.5) is 0 Å². The van der Waals surface area contributed by atoms with Gasteiger partial charge in [-0.1, -0.05) is 66.7 Å². The van der Waals surface area contributed by atoms with Crippen molar-refractivity contribution in [3.05, 3.63) is 94.0 Å². The van der Waals surface area contributed by atoms with Crippen LogP contribution in [0.3, 0.4) is 0 Å². The van der Waals surface area contributed by atoms with Crippen LogP contribution in [-0.4, -0.2) is 29.1 Å². The zero-order valence-corrected chi connectivity index (χ0v) is 17.2. The number of carbonyl (C=O) groups is 1. The summed E-state index contributed by atoms with van der Waals surface area (Å²) in [5.74, 6) is -1.25. The third kappa shape index (κ3) is 2.87. The van der Waals surface area contributed by atoms with Gasteiger partial charge in [0.2, 0.25) is 5.54 Å². The zero-order chi connectivity index (χ0) is 21.5. The van der Waals surface area contributed by atoms with Crippen molar-refractivity contribution < 1.29 is 14.5 Å². The van der Waals surface area contributed by atoms with E-state index in [0.717, 1.165) is 21.9 Å². The van der Waals surface area contributed by atoms with Crippen LogP contribution in [0.2, 0.25) is 0 Å². The van der Waals surface area contributed by atoms with Crippen LogP contribution >= 0.6 is 0 Å². The van der Waals surface area contributed by atoms with E-state index in [9.17, 15) is 14.9 Å². The first kappa shape index (κ1) is 20.0. The van der Waals surface area contributed by atoms with Gasteiger partial charge in [0, 0.05) is 11.8 Å². The molecule has 1 saturated heterocycles. The monoisotopic (exact) mass is 404 g/mol. The molecule has 4 rings (SSSR count). The number of hydrogen-bond donors (Lipinski definition) is 1. The normalized spacial score (nSPS) is 28.4. The first-order chi connectivity index (χ1) is 14.3. The van der Waals surface area contributed by atoms with Crippen LogP contribution in [0, 0.1) is 10.1 Å². The van der Waals surface area contributed by atoms with Crippen LogP contribution in [0.1, 0.15) is 36.9 Å². The molecule has 1 N–H and O–H groups in total. The van der Waals surface area contributed by atoms with Crippen molar-refractivity contribution in [1.29, 1.82) is 0 Å². The van der Waals surface area contributed by atoms with Gasteiger partial charge in [-0.25, -0.2) is 0 Å². The molecule has 0 spiro atoms. The Morgan fingerprint density at radius 2 is 1.60 bits per heavy atom. The number of benzene rings is 3. The maximum absolute atomic E-state index is 12.9. The minimum atomic E-state index is -1.48. The van der Waals surface area contributed by atoms with Gasteiger partial charge in [-0.3, -0.25) is 20.2 Å². The highest BCUT2D eigenvalue weighted by molar-refractivity contribution is 5.85. The summed E-state index contributed by atoms with van der Waals surface area (Å²) in [6.07, 6.45) is 0. The Morgan fingerprint density at radius 3 is 2.23 bits per heavy atom. The van der Waals surface area contributed by atoms with Crippen LogP contribution < -0.4 is 5.32 Å². The Bertz CT molecular complexity index is 1120. The number of nitrogens with zero attached hydrogens (tertiary/aromatic N) is 1. The van der Waals surface area contributed by atoms with Gasteiger partial charge in [-0.2, -0.15) is 0 Å². The SMILES string of the molecule is COC(=O)[C@@]1(C)N[C@@H](c2ccc3ccccc3c2)[C@@](C)([N+](=O)[O-])[C@@H]1c1ccccc1. The maximum Gasteiger partial charge on any atom is 0.326 e. The molecule has 154 valence electrons. The second-order valence-electron chi connectivity index (χ2n) is 8.20. The highest BCUT2D eigenvalue weighted by atomic mass is 16.6. The lowest BCUT2D eigenvalue weighted by molar-refractivity contribution is -0.571. The van der Waals surface area contributed by atoms with E-state index in [2.05, 4.69) is 5.32 Å². The second kappa shape index (κ2) is 7.22. The van der Waals surface area contributed by atoms with Gasteiger partial charge in [-0.05, 0) is 34.9 Å². The van der Waals surface area contributed by atoms with Crippen molar-refractivity contribution in [2.75, 3.05) is 7.11 Å². The fourth-order valence-corrected chi connectivity index (χ4v) is 5.00. The minimum absolute atomic E-state index is 0.258. The van der Waals surface area contributed by atoms with Gasteiger partial charge < -0.3 is 4.74 Å². The third-order valence-electron chi connectivity index (χ3n) is 6.43. The summed E-state index contributed by atoms with van der Waals surface area (Å²) in [7, 11) is 1.31. The van der Waals surface area contributed by atoms with Gasteiger partial charge in [0.25, 0.3) is 0 Å². The maximum atomic E-state index is 12.9. The smallest absolute Gasteiger partial charge is 0.326 e. The highest BCUT2D eigenvalue weighted by Gasteiger charge is 2.69. The van der Waals surface area contributed by atoms with E-state index >= 15 is 0 Å². The van der Waals surface area contributed by atoms with E-state index in [1.165, 1.54) is 7.11 Å². The van der Waals surface area contributed by atoms with Crippen LogP contribution in [0.25, 0.3) is 10.8 Å². The van der Waals surface area contributed by atoms with E-state index in [0.29, 0.717) is 0 Å². The predicted octanol–water partition coefficient (Wildman–Crippen LogP) is 4.24. The topological polar surface area (TPSA) is 81.5 Å². The number of methoxy groups -OCH3 is 1. The van der Waals surface area contributed by atoms with Crippen molar-refractivity contribution in [3.63, 3.8) is 0 Å². The standard InChI is InChI=1S/C24H24N2O4/c1-23(22(27)30-3)20(17-10-5-4-6-11-17)24(2,26(28)29)21(25-23)19-14-13-16-9-7-8-12-18(16)15-19/h4-15,20-21,25H,1-3H3/t20-,21+,23+,24+/m1/s1. The first-order valence-electron chi connectivity index (χ1n) is 9.86. The average molecular weight is 404 g/mol. The molecule has 3 aromatic carbocycles. The molecule has 1 aliphatic heterocycles. The molecular formula is C24H24N2O4. The van der Waals surface area contributed by atoms with E-state index in [1.807, 2.05) is 72.8 Å². The van der Waals surface area contributed by atoms with Gasteiger partial charge in [0.1, 0.15) is 11.6 Å². The Hall–Kier alpha value is -3.25. The second-order valence-corrected chi connectivity index (χ2v) is 8.20. The van der Waals surface area contributed by atoms with Crippen LogP contribution in [0.5, 0.6) is 0 Å². The largest absolute Gasteiger partial charge is 0.468 e. The Morgan fingerprint density at radius 1 is 0.967 bits per heavy atom. The van der Waals surface area contributed by atoms with Gasteiger partial charge in [0.15, 0.2) is 0 Å². The minimum Gasteiger partial charge on any atom is -0.468 e. The van der Waals surface area contributed by atoms with Crippen molar-refractivity contribution >= 4 is 16.7 Å². The molecule has 1 heterocycles. The molecule has 0 unspecified atom stereocenters. The van der Waals surface area contributed by atoms with Crippen LogP contribution in [0.15, 0.2) is 72.8 Å². The number of rotatable bonds is 4. The summed E-state index contributed by atoms with van der Waals surface area (Å²) in [5, 5.41) is 17.9. The summed E-state index contributed by atoms with van der Waals surface area (Å²) in [6, 6.07) is 22.2. The molecular weight excluding hydrogens is 380 g/mol. The van der Waals surface area contributed by atoms with Crippen LogP contribution in [-0.2, 0) is 9.53 Å². The summed E-state index contributed by atoms with van der Waals surface area (Å²) < 4.78 is 5.09. The summed E-state index contributed by atoms with van der Waals surface area (Å²) in [5.41, 5.74) is -1.26. The van der Waals surface area contributed by atoms with Gasteiger partial charge in [0.05, 0.1) is 13.0 Å². The molecule has 0 amide bonds. The fourth-order valence-electron chi connectivity index (χ4n) is 5.00. The van der Waals surface area contributed by atoms with Crippen molar-refractivity contribution in [1.82, 2.24) is 5.32 Å². The molecule has 30 heavy (non-hydrogen) atoms. The Kier molecular flexibility index (Phi) is 4.82. The molecule has 0 radical (unpaired) electrons. The molecule has 0 aliphatic carbocycles. The Balaban J connectivity index is 1.94. The molecule has 1 aliphatic rings. The number of carbonyl (C=O) groups excluding carboxylic acids is 1. The molecule has 0 aromatic heterocycles. The molecule has 0 bridgehead atoms. The van der Waals surface area contributed by atoms with Crippen molar-refractivity contribution in [2.45, 2.75) is 36.9 Å². The average Bonchev–Trinajstić information content (AvgIpc) is 3.02. The first-order valence-corrected chi connectivity index (χ1v) is 9.86. The number of esters is 1. The molecule has 4 atom stereocenters. The third-order valence-corrected chi connectivity index (χ3v) is 6.43. The highest BCUT2D eigenvalue weighted by Crippen LogP contribution is 2.53. The van der Waals surface area contributed by atoms with E-state index < -0.39 is 29.0 Å². The lowest BCUT2D eigenvalue weighted by atomic mass is 9.70. The lowest BCUT2D eigenvalue weighted by Gasteiger charge is -2.32. The quantitative estimate of drug-likeness (QED) is 0.400. The molecule has 1 fully saturated rings. The fraction of sp³-hybridized carbons (Fsp3) is 0.292. The molecule has 3 aromatic rings. The number of nitrogens with one attached hydrogen (secondary N) is 1. The predicted molar refractivity (Wildman–Crippen MR) is 115 cm³/mol. The van der Waals surface area contributed by atoms with E-state index in [4.69, 9.17) is 4.74 Å². The zero-order valence-electron chi connectivity index (χ0n) is 17.2.